The molecule has 1 heterocycles. The van der Waals surface area contributed by atoms with E-state index in [0.717, 1.165) is 44.1 Å². The third-order valence-corrected chi connectivity index (χ3v) is 8.20. The number of ether oxygens (including phenoxy) is 3. The minimum Gasteiger partial charge on any atom is -0.493 e. The number of benzene rings is 1. The first-order valence-corrected chi connectivity index (χ1v) is 15.1. The maximum atomic E-state index is 14.1. The molecular weight excluding hydrogens is 532 g/mol. The second kappa shape index (κ2) is 15.6. The summed E-state index contributed by atoms with van der Waals surface area (Å²) in [7, 11) is 3.13. The number of carbonyl (C=O) groups excluding carboxylic acids is 3. The number of allylic oxidation sites excluding steroid dienone is 4. The van der Waals surface area contributed by atoms with Gasteiger partial charge in [-0.05, 0) is 77.5 Å². The summed E-state index contributed by atoms with van der Waals surface area (Å²) in [5, 5.41) is 2.95. The van der Waals surface area contributed by atoms with Gasteiger partial charge in [0.05, 0.1) is 26.7 Å². The van der Waals surface area contributed by atoms with Crippen LogP contribution < -0.4 is 14.8 Å². The molecule has 1 aromatic rings. The van der Waals surface area contributed by atoms with E-state index in [2.05, 4.69) is 38.2 Å². The monoisotopic (exact) mass is 580 g/mol. The van der Waals surface area contributed by atoms with E-state index in [9.17, 15) is 14.4 Å². The Bertz CT molecular complexity index is 1210. The molecule has 0 saturated carbocycles. The second-order valence-electron chi connectivity index (χ2n) is 11.4. The molecule has 230 valence electrons. The van der Waals surface area contributed by atoms with Gasteiger partial charge >= 0.3 is 5.97 Å². The van der Waals surface area contributed by atoms with Gasteiger partial charge in [-0.25, -0.2) is 0 Å². The van der Waals surface area contributed by atoms with Gasteiger partial charge in [0.1, 0.15) is 5.41 Å². The van der Waals surface area contributed by atoms with Gasteiger partial charge in [0.25, 0.3) is 0 Å². The number of hydrogen-bond acceptors (Lipinski definition) is 6. The Hall–Kier alpha value is -3.55. The largest absolute Gasteiger partial charge is 0.493 e. The zero-order valence-electron chi connectivity index (χ0n) is 26.2. The number of nitrogens with one attached hydrogen (secondary N) is 1. The number of carbonyl (C=O) groups is 3. The van der Waals surface area contributed by atoms with Crippen molar-refractivity contribution in [2.45, 2.75) is 85.6 Å². The summed E-state index contributed by atoms with van der Waals surface area (Å²) in [6, 6.07) is 5.45. The summed E-state index contributed by atoms with van der Waals surface area (Å²) in [5.41, 5.74) is 2.84. The lowest BCUT2D eigenvalue weighted by Crippen LogP contribution is -2.42. The molecule has 1 fully saturated rings. The topological polar surface area (TPSA) is 94.2 Å². The van der Waals surface area contributed by atoms with Crippen LogP contribution in [0.4, 0.5) is 0 Å². The Balaban J connectivity index is 1.88. The molecule has 0 radical (unpaired) electrons. The Kier molecular flexibility index (Phi) is 12.3. The van der Waals surface area contributed by atoms with Crippen molar-refractivity contribution in [1.82, 2.24) is 10.2 Å². The Morgan fingerprint density at radius 2 is 1.83 bits per heavy atom. The normalized spacial score (nSPS) is 20.6. The summed E-state index contributed by atoms with van der Waals surface area (Å²) in [5.74, 6) is -0.540. The molecule has 42 heavy (non-hydrogen) atoms. The number of hydrogen-bond donors (Lipinski definition) is 1. The standard InChI is InChI=1S/C34H48N2O6/c1-7-42-33(39)34-19-11-9-8-10-15-30(34)36(20-18-25(4)14-12-13-24(2)3)32(38)27(34)22-31(37)35-23-26-16-17-28(40-5)29(21-26)41-6/h13,15-18,21,27H,7-12,14,19-20,22-23H2,1-6H3,(H,35,37)/b25-18+,30-15?/t27-,34-/m1/s1. The lowest BCUT2D eigenvalue weighted by Gasteiger charge is -2.34. The molecule has 2 atom stereocenters. The number of esters is 1. The van der Waals surface area contributed by atoms with Gasteiger partial charge in [0.2, 0.25) is 11.8 Å². The molecule has 3 rings (SSSR count). The fraction of sp³-hybridized carbons (Fsp3) is 0.559. The maximum Gasteiger partial charge on any atom is 0.318 e. The van der Waals surface area contributed by atoms with Crippen molar-refractivity contribution in [3.63, 3.8) is 0 Å². The predicted octanol–water partition coefficient (Wildman–Crippen LogP) is 6.26. The van der Waals surface area contributed by atoms with Gasteiger partial charge in [-0.15, -0.1) is 0 Å². The van der Waals surface area contributed by atoms with Crippen LogP contribution in [0.2, 0.25) is 0 Å². The molecule has 0 aromatic heterocycles. The van der Waals surface area contributed by atoms with Crippen molar-refractivity contribution in [3.05, 3.63) is 58.8 Å². The van der Waals surface area contributed by atoms with Crippen LogP contribution in [0.1, 0.15) is 84.6 Å². The second-order valence-corrected chi connectivity index (χ2v) is 11.4. The highest BCUT2D eigenvalue weighted by Gasteiger charge is 2.61. The van der Waals surface area contributed by atoms with E-state index >= 15 is 0 Å². The van der Waals surface area contributed by atoms with Crippen LogP contribution in [0.5, 0.6) is 11.5 Å². The highest BCUT2D eigenvalue weighted by Crippen LogP contribution is 2.52. The molecule has 2 aliphatic rings. The van der Waals surface area contributed by atoms with E-state index in [1.165, 1.54) is 11.1 Å². The van der Waals surface area contributed by atoms with Crippen molar-refractivity contribution in [1.29, 1.82) is 0 Å². The van der Waals surface area contributed by atoms with Gasteiger partial charge in [0.15, 0.2) is 11.5 Å². The van der Waals surface area contributed by atoms with Gasteiger partial charge in [-0.1, -0.05) is 48.3 Å². The third kappa shape index (κ3) is 7.84. The summed E-state index contributed by atoms with van der Waals surface area (Å²) >= 11 is 0. The number of rotatable bonds is 13. The lowest BCUT2D eigenvalue weighted by atomic mass is 9.69. The van der Waals surface area contributed by atoms with E-state index in [4.69, 9.17) is 14.2 Å². The molecule has 1 aliphatic heterocycles. The molecule has 8 nitrogen and oxygen atoms in total. The SMILES string of the molecule is CCOC(=O)[C@@]12CCCCCC=C1N(C/C=C(\C)CCC=C(C)C)C(=O)[C@H]2CC(=O)NCc1ccc(OC)c(OC)c1. The number of likely N-dealkylation sites (tertiary alicyclic amines) is 1. The summed E-state index contributed by atoms with van der Waals surface area (Å²) in [6.45, 7) is 8.86. The summed E-state index contributed by atoms with van der Waals surface area (Å²) < 4.78 is 16.3. The number of methoxy groups -OCH3 is 2. The van der Waals surface area contributed by atoms with E-state index < -0.39 is 17.3 Å². The van der Waals surface area contributed by atoms with Crippen LogP contribution in [0.15, 0.2) is 53.3 Å². The minimum absolute atomic E-state index is 0.0952. The molecule has 0 bridgehead atoms. The number of fused-ring (bicyclic) bond motifs is 1. The van der Waals surface area contributed by atoms with Crippen LogP contribution in [0.3, 0.4) is 0 Å². The van der Waals surface area contributed by atoms with Crippen LogP contribution in [-0.4, -0.2) is 50.1 Å². The fourth-order valence-electron chi connectivity index (χ4n) is 5.94. The highest BCUT2D eigenvalue weighted by molar-refractivity contribution is 5.99. The predicted molar refractivity (Wildman–Crippen MR) is 164 cm³/mol. The minimum atomic E-state index is -1.17. The van der Waals surface area contributed by atoms with E-state index in [0.29, 0.717) is 30.2 Å². The van der Waals surface area contributed by atoms with Crippen LogP contribution in [0, 0.1) is 11.3 Å². The van der Waals surface area contributed by atoms with Gasteiger partial charge in [0, 0.05) is 25.2 Å². The Labute approximate surface area is 251 Å². The fourth-order valence-corrected chi connectivity index (χ4v) is 5.94. The Morgan fingerprint density at radius 3 is 2.52 bits per heavy atom. The number of nitrogens with zero attached hydrogens (tertiary/aromatic N) is 1. The molecule has 0 unspecified atom stereocenters. The highest BCUT2D eigenvalue weighted by atomic mass is 16.5. The smallest absolute Gasteiger partial charge is 0.318 e. The van der Waals surface area contributed by atoms with Gasteiger partial charge in [-0.3, -0.25) is 14.4 Å². The zero-order valence-corrected chi connectivity index (χ0v) is 26.2. The quantitative estimate of drug-likeness (QED) is 0.219. The average Bonchev–Trinajstić information content (AvgIpc) is 3.16. The summed E-state index contributed by atoms with van der Waals surface area (Å²) in [4.78, 5) is 43.0. The van der Waals surface area contributed by atoms with Crippen molar-refractivity contribution < 1.29 is 28.6 Å². The van der Waals surface area contributed by atoms with E-state index in [1.807, 2.05) is 18.2 Å². The van der Waals surface area contributed by atoms with Crippen LogP contribution >= 0.6 is 0 Å². The molecule has 0 spiro atoms. The Morgan fingerprint density at radius 1 is 1.07 bits per heavy atom. The first kappa shape index (κ1) is 33.0. The first-order valence-electron chi connectivity index (χ1n) is 15.1. The van der Waals surface area contributed by atoms with Gasteiger partial charge in [-0.2, -0.15) is 0 Å². The molecule has 2 amide bonds. The number of amides is 2. The summed E-state index contributed by atoms with van der Waals surface area (Å²) in [6.07, 6.45) is 12.1. The molecule has 1 N–H and O–H groups in total. The van der Waals surface area contributed by atoms with Crippen LogP contribution in [-0.2, 0) is 25.7 Å². The van der Waals surface area contributed by atoms with Crippen LogP contribution in [0.25, 0.3) is 0 Å². The molecule has 8 heteroatoms. The van der Waals surface area contributed by atoms with E-state index in [1.54, 1.807) is 32.1 Å². The molecular formula is C34H48N2O6. The lowest BCUT2D eigenvalue weighted by molar-refractivity contribution is -0.158. The van der Waals surface area contributed by atoms with Crippen molar-refractivity contribution in [3.8, 4) is 11.5 Å². The third-order valence-electron chi connectivity index (χ3n) is 8.20. The first-order chi connectivity index (χ1) is 20.2. The van der Waals surface area contributed by atoms with Gasteiger partial charge < -0.3 is 24.4 Å². The van der Waals surface area contributed by atoms with E-state index in [-0.39, 0.29) is 31.4 Å². The molecule has 1 aromatic carbocycles. The van der Waals surface area contributed by atoms with Crippen molar-refractivity contribution in [2.24, 2.45) is 11.3 Å². The molecule has 1 saturated heterocycles. The van der Waals surface area contributed by atoms with Crippen molar-refractivity contribution in [2.75, 3.05) is 27.4 Å². The zero-order chi connectivity index (χ0) is 30.7. The average molecular weight is 581 g/mol. The molecule has 1 aliphatic carbocycles. The van der Waals surface area contributed by atoms with Crippen molar-refractivity contribution >= 4 is 17.8 Å². The maximum absolute atomic E-state index is 14.1.